The Labute approximate surface area is 145 Å². The van der Waals surface area contributed by atoms with Crippen molar-refractivity contribution in [2.75, 3.05) is 25.1 Å². The van der Waals surface area contributed by atoms with Crippen LogP contribution in [0.1, 0.15) is 23.0 Å². The number of rotatable bonds is 9. The van der Waals surface area contributed by atoms with E-state index in [1.807, 2.05) is 12.3 Å². The van der Waals surface area contributed by atoms with Gasteiger partial charge in [0.1, 0.15) is 0 Å². The molecule has 1 heterocycles. The number of ether oxygens (including phenoxy) is 1. The largest absolute Gasteiger partial charge is 0.382 e. The van der Waals surface area contributed by atoms with Crippen molar-refractivity contribution in [3.63, 3.8) is 0 Å². The number of benzene rings is 1. The second-order valence-corrected chi connectivity index (χ2v) is 7.62. The van der Waals surface area contributed by atoms with Crippen molar-refractivity contribution in [2.45, 2.75) is 18.2 Å². The van der Waals surface area contributed by atoms with E-state index < -0.39 is 10.0 Å². The standard InChI is InChI=1S/C16H20N2O4S2/c1-2-22-11-4-10-17-24(20,21)14-8-6-13(7-9-14)18-16(19)15-5-3-12-23-15/h3,5-9,12,17H,2,4,10-11H2,1H3,(H,18,19). The molecule has 2 aromatic rings. The highest BCUT2D eigenvalue weighted by atomic mass is 32.2. The fourth-order valence-corrected chi connectivity index (χ4v) is 3.62. The molecule has 0 aliphatic carbocycles. The lowest BCUT2D eigenvalue weighted by Crippen LogP contribution is -2.25. The van der Waals surface area contributed by atoms with E-state index in [2.05, 4.69) is 10.0 Å². The van der Waals surface area contributed by atoms with E-state index in [0.717, 1.165) is 0 Å². The second-order valence-electron chi connectivity index (χ2n) is 4.90. The molecule has 0 bridgehead atoms. The van der Waals surface area contributed by atoms with E-state index >= 15 is 0 Å². The molecule has 1 aromatic heterocycles. The average molecular weight is 368 g/mol. The summed E-state index contributed by atoms with van der Waals surface area (Å²) in [6.07, 6.45) is 0.613. The highest BCUT2D eigenvalue weighted by Crippen LogP contribution is 2.16. The number of nitrogens with one attached hydrogen (secondary N) is 2. The van der Waals surface area contributed by atoms with E-state index in [1.165, 1.54) is 23.5 Å². The summed E-state index contributed by atoms with van der Waals surface area (Å²) in [5.41, 5.74) is 0.545. The summed E-state index contributed by atoms with van der Waals surface area (Å²) in [6, 6.07) is 9.60. The van der Waals surface area contributed by atoms with E-state index in [4.69, 9.17) is 4.74 Å². The van der Waals surface area contributed by atoms with Crippen molar-refractivity contribution in [3.05, 3.63) is 46.7 Å². The first-order chi connectivity index (χ1) is 11.5. The number of hydrogen-bond donors (Lipinski definition) is 2. The van der Waals surface area contributed by atoms with Gasteiger partial charge >= 0.3 is 0 Å². The van der Waals surface area contributed by atoms with Crippen LogP contribution in [0.5, 0.6) is 0 Å². The van der Waals surface area contributed by atoms with Crippen LogP contribution in [0.25, 0.3) is 0 Å². The molecule has 0 aliphatic heterocycles. The maximum absolute atomic E-state index is 12.1. The third-order valence-corrected chi connectivity index (χ3v) is 5.47. The SMILES string of the molecule is CCOCCCNS(=O)(=O)c1ccc(NC(=O)c2cccs2)cc1. The molecule has 0 aliphatic rings. The Morgan fingerprint density at radius 2 is 1.96 bits per heavy atom. The molecule has 0 saturated heterocycles. The second kappa shape index (κ2) is 8.93. The van der Waals surface area contributed by atoms with Crippen LogP contribution < -0.4 is 10.0 Å². The van der Waals surface area contributed by atoms with Gasteiger partial charge in [0.15, 0.2) is 0 Å². The fourth-order valence-electron chi connectivity index (χ4n) is 1.93. The number of carbonyl (C=O) groups is 1. The van der Waals surface area contributed by atoms with Gasteiger partial charge in [-0.2, -0.15) is 0 Å². The van der Waals surface area contributed by atoms with Gasteiger partial charge in [0.25, 0.3) is 5.91 Å². The zero-order valence-corrected chi connectivity index (χ0v) is 15.0. The number of amides is 1. The first-order valence-electron chi connectivity index (χ1n) is 7.55. The molecule has 1 amide bonds. The molecule has 0 radical (unpaired) electrons. The van der Waals surface area contributed by atoms with Crippen molar-refractivity contribution in [1.82, 2.24) is 4.72 Å². The minimum Gasteiger partial charge on any atom is -0.382 e. The molecule has 1 aromatic carbocycles. The lowest BCUT2D eigenvalue weighted by molar-refractivity contribution is 0.103. The van der Waals surface area contributed by atoms with Crippen LogP contribution in [0, 0.1) is 0 Å². The van der Waals surface area contributed by atoms with Crippen LogP contribution in [0.15, 0.2) is 46.7 Å². The zero-order valence-electron chi connectivity index (χ0n) is 13.3. The monoisotopic (exact) mass is 368 g/mol. The summed E-state index contributed by atoms with van der Waals surface area (Å²) < 4.78 is 32.0. The number of sulfonamides is 1. The minimum absolute atomic E-state index is 0.160. The van der Waals surface area contributed by atoms with Crippen molar-refractivity contribution in [1.29, 1.82) is 0 Å². The number of thiophene rings is 1. The predicted octanol–water partition coefficient (Wildman–Crippen LogP) is 2.71. The zero-order chi connectivity index (χ0) is 17.4. The molecule has 0 saturated carbocycles. The normalized spacial score (nSPS) is 11.4. The highest BCUT2D eigenvalue weighted by molar-refractivity contribution is 7.89. The third kappa shape index (κ3) is 5.41. The molecule has 2 rings (SSSR count). The van der Waals surface area contributed by atoms with Gasteiger partial charge < -0.3 is 10.1 Å². The molecular weight excluding hydrogens is 348 g/mol. The van der Waals surface area contributed by atoms with Gasteiger partial charge in [0.05, 0.1) is 9.77 Å². The summed E-state index contributed by atoms with van der Waals surface area (Å²) >= 11 is 1.34. The Kier molecular flexibility index (Phi) is 6.92. The maximum atomic E-state index is 12.1. The first kappa shape index (κ1) is 18.6. The van der Waals surface area contributed by atoms with Gasteiger partial charge in [0, 0.05) is 25.4 Å². The van der Waals surface area contributed by atoms with Crippen molar-refractivity contribution >= 4 is 33.0 Å². The Bertz CT molecular complexity index is 741. The Morgan fingerprint density at radius 3 is 2.58 bits per heavy atom. The molecule has 8 heteroatoms. The summed E-state index contributed by atoms with van der Waals surface area (Å²) in [4.78, 5) is 12.7. The Hall–Kier alpha value is -1.74. The van der Waals surface area contributed by atoms with Crippen LogP contribution in [0.2, 0.25) is 0 Å². The quantitative estimate of drug-likeness (QED) is 0.667. The smallest absolute Gasteiger partial charge is 0.265 e. The Balaban J connectivity index is 1.91. The first-order valence-corrected chi connectivity index (χ1v) is 9.91. The van der Waals surface area contributed by atoms with Gasteiger partial charge in [-0.15, -0.1) is 11.3 Å². The third-order valence-electron chi connectivity index (χ3n) is 3.13. The van der Waals surface area contributed by atoms with Gasteiger partial charge in [-0.3, -0.25) is 4.79 Å². The molecule has 24 heavy (non-hydrogen) atoms. The van der Waals surface area contributed by atoms with Crippen molar-refractivity contribution in [3.8, 4) is 0 Å². The topological polar surface area (TPSA) is 84.5 Å². The van der Waals surface area contributed by atoms with E-state index in [0.29, 0.717) is 36.7 Å². The molecule has 0 spiro atoms. The van der Waals surface area contributed by atoms with Gasteiger partial charge in [-0.05, 0) is 49.1 Å². The molecule has 2 N–H and O–H groups in total. The van der Waals surface area contributed by atoms with Crippen LogP contribution in [-0.2, 0) is 14.8 Å². The molecule has 0 unspecified atom stereocenters. The fraction of sp³-hybridized carbons (Fsp3) is 0.312. The van der Waals surface area contributed by atoms with Crippen molar-refractivity contribution < 1.29 is 17.9 Å². The number of hydrogen-bond acceptors (Lipinski definition) is 5. The molecule has 130 valence electrons. The summed E-state index contributed by atoms with van der Waals surface area (Å²) in [6.45, 7) is 3.35. The molecule has 0 fully saturated rings. The molecule has 0 atom stereocenters. The highest BCUT2D eigenvalue weighted by Gasteiger charge is 2.13. The summed E-state index contributed by atoms with van der Waals surface area (Å²) in [5, 5.41) is 4.55. The lowest BCUT2D eigenvalue weighted by atomic mass is 10.3. The van der Waals surface area contributed by atoms with E-state index in [-0.39, 0.29) is 10.8 Å². The van der Waals surface area contributed by atoms with Crippen molar-refractivity contribution in [2.24, 2.45) is 0 Å². The van der Waals surface area contributed by atoms with Gasteiger partial charge in [0.2, 0.25) is 10.0 Å². The number of carbonyl (C=O) groups excluding carboxylic acids is 1. The van der Waals surface area contributed by atoms with Gasteiger partial charge in [-0.25, -0.2) is 13.1 Å². The van der Waals surface area contributed by atoms with E-state index in [9.17, 15) is 13.2 Å². The lowest BCUT2D eigenvalue weighted by Gasteiger charge is -2.08. The average Bonchev–Trinajstić information content (AvgIpc) is 3.10. The Morgan fingerprint density at radius 1 is 1.21 bits per heavy atom. The van der Waals surface area contributed by atoms with Crippen LogP contribution in [0.3, 0.4) is 0 Å². The minimum atomic E-state index is -3.55. The van der Waals surface area contributed by atoms with Crippen LogP contribution in [0.4, 0.5) is 5.69 Å². The number of anilines is 1. The molecule has 6 nitrogen and oxygen atoms in total. The maximum Gasteiger partial charge on any atom is 0.265 e. The molecular formula is C16H20N2O4S2. The van der Waals surface area contributed by atoms with E-state index in [1.54, 1.807) is 24.3 Å². The summed E-state index contributed by atoms with van der Waals surface area (Å²) in [7, 11) is -3.55. The predicted molar refractivity (Wildman–Crippen MR) is 95.0 cm³/mol. The van der Waals surface area contributed by atoms with Crippen LogP contribution >= 0.6 is 11.3 Å². The van der Waals surface area contributed by atoms with Gasteiger partial charge in [-0.1, -0.05) is 6.07 Å². The van der Waals surface area contributed by atoms with Crippen LogP contribution in [-0.4, -0.2) is 34.1 Å². The summed E-state index contributed by atoms with van der Waals surface area (Å²) in [5.74, 6) is -0.213.